The highest BCUT2D eigenvalue weighted by Gasteiger charge is 2.45. The third kappa shape index (κ3) is 2.71. The lowest BCUT2D eigenvalue weighted by Crippen LogP contribution is -2.42. The summed E-state index contributed by atoms with van der Waals surface area (Å²) in [5.41, 5.74) is 1.15. The van der Waals surface area contributed by atoms with Crippen LogP contribution in [0.2, 0.25) is 0 Å². The van der Waals surface area contributed by atoms with Gasteiger partial charge in [-0.25, -0.2) is 4.79 Å². The minimum atomic E-state index is -1.19. The lowest BCUT2D eigenvalue weighted by atomic mass is 9.83. The van der Waals surface area contributed by atoms with Crippen LogP contribution in [-0.2, 0) is 19.0 Å². The summed E-state index contributed by atoms with van der Waals surface area (Å²) < 4.78 is 15.4. The summed E-state index contributed by atoms with van der Waals surface area (Å²) in [4.78, 5) is 11.7. The molecule has 0 fully saturated rings. The molecule has 20 heavy (non-hydrogen) atoms. The molecule has 4 unspecified atom stereocenters. The van der Waals surface area contributed by atoms with Crippen molar-refractivity contribution in [1.82, 2.24) is 5.32 Å². The van der Waals surface area contributed by atoms with Crippen LogP contribution in [0.5, 0.6) is 0 Å². The summed E-state index contributed by atoms with van der Waals surface area (Å²) in [6.45, 7) is -0.144. The van der Waals surface area contributed by atoms with Gasteiger partial charge in [-0.1, -0.05) is 6.08 Å². The van der Waals surface area contributed by atoms with Crippen LogP contribution in [0, 0.1) is 11.8 Å². The van der Waals surface area contributed by atoms with Crippen LogP contribution in [0.1, 0.15) is 6.42 Å². The van der Waals surface area contributed by atoms with Gasteiger partial charge in [0.05, 0.1) is 31.5 Å². The number of hydrogen-bond acceptors (Lipinski definition) is 7. The maximum Gasteiger partial charge on any atom is 0.337 e. The number of methoxy groups -OCH3 is 1. The Balaban J connectivity index is 2.22. The molecule has 0 aromatic heterocycles. The Kier molecular flexibility index (Phi) is 4.77. The molecule has 0 saturated heterocycles. The van der Waals surface area contributed by atoms with Crippen LogP contribution < -0.4 is 5.32 Å². The smallest absolute Gasteiger partial charge is 0.337 e. The van der Waals surface area contributed by atoms with E-state index in [1.165, 1.54) is 20.4 Å². The van der Waals surface area contributed by atoms with Crippen LogP contribution in [0.15, 0.2) is 23.5 Å². The third-order valence-corrected chi connectivity index (χ3v) is 3.63. The van der Waals surface area contributed by atoms with Gasteiger partial charge in [-0.2, -0.15) is 0 Å². The molecular formula is C13H19NO6. The number of carbonyl (C=O) groups is 1. The third-order valence-electron chi connectivity index (χ3n) is 3.63. The van der Waals surface area contributed by atoms with Crippen molar-refractivity contribution in [2.45, 2.75) is 19.1 Å². The van der Waals surface area contributed by atoms with Crippen molar-refractivity contribution in [2.24, 2.45) is 11.8 Å². The molecule has 0 aromatic rings. The molecule has 3 N–H and O–H groups in total. The number of fused-ring (bicyclic) bond motifs is 1. The van der Waals surface area contributed by atoms with Crippen LogP contribution in [0.4, 0.5) is 0 Å². The number of aliphatic hydroxyl groups is 2. The molecule has 0 spiro atoms. The molecule has 1 heterocycles. The highest BCUT2D eigenvalue weighted by molar-refractivity contribution is 5.89. The first kappa shape index (κ1) is 15.0. The van der Waals surface area contributed by atoms with Crippen molar-refractivity contribution in [1.29, 1.82) is 0 Å². The summed E-state index contributed by atoms with van der Waals surface area (Å²) in [5.74, 6) is -0.949. The quantitative estimate of drug-likeness (QED) is 0.355. The molecule has 0 amide bonds. The van der Waals surface area contributed by atoms with Crippen LogP contribution in [-0.4, -0.2) is 49.7 Å². The van der Waals surface area contributed by atoms with Crippen LogP contribution in [0.25, 0.3) is 0 Å². The number of aliphatic hydroxyl groups excluding tert-OH is 2. The first-order chi connectivity index (χ1) is 9.62. The van der Waals surface area contributed by atoms with Gasteiger partial charge in [0.2, 0.25) is 12.7 Å². The molecule has 2 aliphatic rings. The lowest BCUT2D eigenvalue weighted by molar-refractivity contribution is -0.242. The van der Waals surface area contributed by atoms with Crippen molar-refractivity contribution in [3.63, 3.8) is 0 Å². The summed E-state index contributed by atoms with van der Waals surface area (Å²) in [6.07, 6.45) is 1.82. The monoisotopic (exact) mass is 285 g/mol. The largest absolute Gasteiger partial charge is 0.471 e. The minimum absolute atomic E-state index is 0.144. The fourth-order valence-electron chi connectivity index (χ4n) is 2.62. The van der Waals surface area contributed by atoms with Crippen molar-refractivity contribution in [2.75, 3.05) is 20.8 Å². The second-order valence-electron chi connectivity index (χ2n) is 4.65. The van der Waals surface area contributed by atoms with E-state index in [1.807, 2.05) is 6.08 Å². The van der Waals surface area contributed by atoms with Gasteiger partial charge in [-0.15, -0.1) is 0 Å². The summed E-state index contributed by atoms with van der Waals surface area (Å²) in [7, 11) is 2.85. The van der Waals surface area contributed by atoms with Gasteiger partial charge in [0.15, 0.2) is 0 Å². The van der Waals surface area contributed by atoms with E-state index in [4.69, 9.17) is 14.2 Å². The Morgan fingerprint density at radius 3 is 3.00 bits per heavy atom. The second-order valence-corrected chi connectivity index (χ2v) is 4.65. The van der Waals surface area contributed by atoms with Gasteiger partial charge in [0.25, 0.3) is 0 Å². The molecule has 1 aliphatic heterocycles. The van der Waals surface area contributed by atoms with E-state index in [0.717, 1.165) is 5.57 Å². The van der Waals surface area contributed by atoms with E-state index in [0.29, 0.717) is 12.0 Å². The standard InChI is InChI=1S/C13H19NO6/c1-14-13(17)20-12-10-7(5-15)3-4-8(10)9(6-19-12)11(16)18-2/h3,6,8,10,12-15,17H,4-5H2,1-2H3. The molecule has 4 atom stereocenters. The van der Waals surface area contributed by atoms with Crippen LogP contribution in [0.3, 0.4) is 0 Å². The van der Waals surface area contributed by atoms with Crippen LogP contribution >= 0.6 is 0 Å². The number of nitrogens with one attached hydrogen (secondary N) is 1. The Morgan fingerprint density at radius 2 is 2.40 bits per heavy atom. The maximum absolute atomic E-state index is 11.7. The fourth-order valence-corrected chi connectivity index (χ4v) is 2.62. The van der Waals surface area contributed by atoms with Gasteiger partial charge in [-0.3, -0.25) is 10.1 Å². The molecule has 0 aromatic carbocycles. The first-order valence-corrected chi connectivity index (χ1v) is 6.36. The summed E-state index contributed by atoms with van der Waals surface area (Å²) >= 11 is 0. The van der Waals surface area contributed by atoms with E-state index in [2.05, 4.69) is 5.32 Å². The Bertz CT molecular complexity index is 433. The van der Waals surface area contributed by atoms with Crippen molar-refractivity contribution < 1.29 is 29.2 Å². The van der Waals surface area contributed by atoms with E-state index >= 15 is 0 Å². The van der Waals surface area contributed by atoms with E-state index in [9.17, 15) is 15.0 Å². The van der Waals surface area contributed by atoms with E-state index in [1.54, 1.807) is 0 Å². The Hall–Kier alpha value is -1.41. The molecule has 1 aliphatic carbocycles. The molecule has 2 rings (SSSR count). The molecular weight excluding hydrogens is 266 g/mol. The number of allylic oxidation sites excluding steroid dienone is 1. The van der Waals surface area contributed by atoms with Crippen molar-refractivity contribution in [3.05, 3.63) is 23.5 Å². The first-order valence-electron chi connectivity index (χ1n) is 6.36. The maximum atomic E-state index is 11.7. The van der Waals surface area contributed by atoms with Gasteiger partial charge in [-0.05, 0) is 19.0 Å². The lowest BCUT2D eigenvalue weighted by Gasteiger charge is -2.35. The number of hydrogen-bond donors (Lipinski definition) is 3. The zero-order valence-electron chi connectivity index (χ0n) is 11.4. The van der Waals surface area contributed by atoms with Gasteiger partial charge in [0.1, 0.15) is 0 Å². The van der Waals surface area contributed by atoms with E-state index < -0.39 is 18.7 Å². The minimum Gasteiger partial charge on any atom is -0.471 e. The topological polar surface area (TPSA) is 97.2 Å². The molecule has 0 radical (unpaired) electrons. The van der Waals surface area contributed by atoms with Gasteiger partial charge in [0, 0.05) is 5.92 Å². The van der Waals surface area contributed by atoms with Gasteiger partial charge < -0.3 is 19.7 Å². The molecule has 0 saturated carbocycles. The zero-order valence-corrected chi connectivity index (χ0v) is 11.4. The van der Waals surface area contributed by atoms with Gasteiger partial charge >= 0.3 is 5.97 Å². The molecule has 7 nitrogen and oxygen atoms in total. The number of esters is 1. The SMILES string of the molecule is CNC(O)OC1OC=C(C(=O)OC)C2CC=C(CO)C12. The summed E-state index contributed by atoms with van der Waals surface area (Å²) in [6, 6.07) is 0. The highest BCUT2D eigenvalue weighted by Crippen LogP contribution is 2.43. The van der Waals surface area contributed by atoms with E-state index in [-0.39, 0.29) is 18.4 Å². The Morgan fingerprint density at radius 1 is 1.65 bits per heavy atom. The fraction of sp³-hybridized carbons (Fsp3) is 0.615. The molecule has 0 bridgehead atoms. The number of carbonyl (C=O) groups excluding carboxylic acids is 1. The summed E-state index contributed by atoms with van der Waals surface area (Å²) in [5, 5.41) is 21.4. The van der Waals surface area contributed by atoms with Crippen molar-refractivity contribution in [3.8, 4) is 0 Å². The predicted octanol–water partition coefficient (Wildman–Crippen LogP) is -0.534. The second kappa shape index (κ2) is 6.36. The average molecular weight is 285 g/mol. The highest BCUT2D eigenvalue weighted by atomic mass is 16.7. The van der Waals surface area contributed by atoms with Crippen molar-refractivity contribution >= 4 is 5.97 Å². The molecule has 7 heteroatoms. The average Bonchev–Trinajstić information content (AvgIpc) is 2.91. The Labute approximate surface area is 116 Å². The number of ether oxygens (including phenoxy) is 3. The number of rotatable bonds is 5. The molecule has 112 valence electrons. The predicted molar refractivity (Wildman–Crippen MR) is 67.9 cm³/mol. The normalized spacial score (nSPS) is 29.9. The zero-order chi connectivity index (χ0) is 14.7.